The van der Waals surface area contributed by atoms with Crippen molar-refractivity contribution in [2.75, 3.05) is 19.7 Å². The van der Waals surface area contributed by atoms with Gasteiger partial charge in [0.25, 0.3) is 0 Å². The maximum absolute atomic E-state index is 14.2. The van der Waals surface area contributed by atoms with E-state index in [1.807, 2.05) is 12.1 Å². The third-order valence-corrected chi connectivity index (χ3v) is 9.21. The number of ether oxygens (including phenoxy) is 2. The molecule has 2 saturated heterocycles. The minimum atomic E-state index is -1.46. The van der Waals surface area contributed by atoms with Gasteiger partial charge in [0, 0.05) is 40.4 Å². The van der Waals surface area contributed by atoms with Gasteiger partial charge in [-0.2, -0.15) is 0 Å². The number of hydrogen-bond acceptors (Lipinski definition) is 5. The van der Waals surface area contributed by atoms with Gasteiger partial charge in [-0.05, 0) is 68.8 Å². The Kier molecular flexibility index (Phi) is 8.87. The Labute approximate surface area is 259 Å². The molecule has 0 amide bonds. The molecule has 0 N–H and O–H groups in total. The van der Waals surface area contributed by atoms with Crippen LogP contribution in [-0.4, -0.2) is 53.3 Å². The lowest BCUT2D eigenvalue weighted by Crippen LogP contribution is -2.35. The molecule has 43 heavy (non-hydrogen) atoms. The van der Waals surface area contributed by atoms with E-state index in [1.165, 1.54) is 6.07 Å². The molecule has 9 heteroatoms. The number of rotatable bonds is 8. The second-order valence-electron chi connectivity index (χ2n) is 12.6. The van der Waals surface area contributed by atoms with E-state index in [0.717, 1.165) is 80.2 Å². The first-order chi connectivity index (χ1) is 20.7. The molecule has 0 bridgehead atoms. The average Bonchev–Trinajstić information content (AvgIpc) is 3.29. The SMILES string of the molecule is C[Si](C)(C)C#Cc1ccc2c(c1)nc(CN1CCC(c3cccc(OCc4ccc(Cl)cc4F)n3)CC1)n2CC1CCO1. The fourth-order valence-corrected chi connectivity index (χ4v) is 6.27. The molecule has 0 radical (unpaired) electrons. The number of likely N-dealkylation sites (tertiary alicyclic amines) is 1. The monoisotopic (exact) mass is 616 g/mol. The van der Waals surface area contributed by atoms with Gasteiger partial charge in [-0.1, -0.05) is 49.3 Å². The van der Waals surface area contributed by atoms with Crippen molar-refractivity contribution < 1.29 is 13.9 Å². The molecule has 6 nitrogen and oxygen atoms in total. The molecule has 4 heterocycles. The van der Waals surface area contributed by atoms with Crippen molar-refractivity contribution in [2.24, 2.45) is 0 Å². The molecule has 2 fully saturated rings. The Morgan fingerprint density at radius 2 is 1.86 bits per heavy atom. The van der Waals surface area contributed by atoms with Crippen LogP contribution in [0.5, 0.6) is 5.88 Å². The number of pyridine rings is 1. The third-order valence-electron chi connectivity index (χ3n) is 8.10. The van der Waals surface area contributed by atoms with Gasteiger partial charge < -0.3 is 14.0 Å². The van der Waals surface area contributed by atoms with Crippen LogP contribution >= 0.6 is 11.6 Å². The molecule has 4 aromatic rings. The number of piperidine rings is 1. The van der Waals surface area contributed by atoms with E-state index in [2.05, 4.69) is 64.8 Å². The van der Waals surface area contributed by atoms with Crippen molar-refractivity contribution in [1.82, 2.24) is 19.4 Å². The van der Waals surface area contributed by atoms with Gasteiger partial charge in [0.2, 0.25) is 5.88 Å². The molecule has 0 spiro atoms. The summed E-state index contributed by atoms with van der Waals surface area (Å²) in [7, 11) is -1.46. The molecule has 2 aliphatic rings. The number of hydrogen-bond donors (Lipinski definition) is 0. The van der Waals surface area contributed by atoms with Gasteiger partial charge in [0.1, 0.15) is 26.3 Å². The topological polar surface area (TPSA) is 52.4 Å². The zero-order chi connectivity index (χ0) is 30.0. The van der Waals surface area contributed by atoms with Crippen LogP contribution in [0.2, 0.25) is 24.7 Å². The summed E-state index contributed by atoms with van der Waals surface area (Å²) in [6.45, 7) is 11.3. The molecule has 2 aliphatic heterocycles. The quantitative estimate of drug-likeness (QED) is 0.155. The van der Waals surface area contributed by atoms with E-state index in [4.69, 9.17) is 31.0 Å². The Balaban J connectivity index is 1.11. The van der Waals surface area contributed by atoms with Crippen molar-refractivity contribution in [3.8, 4) is 17.3 Å². The first kappa shape index (κ1) is 29.8. The van der Waals surface area contributed by atoms with Gasteiger partial charge in [0.15, 0.2) is 0 Å². The standard InChI is InChI=1S/C34H38ClFN4O2Si/c1-43(2,3)18-14-24-7-10-32-31(19-24)37-33(40(32)21-28-13-17-41-28)22-39-15-11-25(12-16-39)30-5-4-6-34(38-30)42-23-26-8-9-27(35)20-29(26)36/h4-10,19-20,25,28H,11-13,15-17,21-23H2,1-3H3. The summed E-state index contributed by atoms with van der Waals surface area (Å²) < 4.78 is 28.2. The lowest BCUT2D eigenvalue weighted by molar-refractivity contribution is -0.0592. The largest absolute Gasteiger partial charge is 0.473 e. The van der Waals surface area contributed by atoms with Crippen LogP contribution < -0.4 is 4.74 Å². The minimum Gasteiger partial charge on any atom is -0.473 e. The number of fused-ring (bicyclic) bond motifs is 1. The first-order valence-electron chi connectivity index (χ1n) is 15.1. The summed E-state index contributed by atoms with van der Waals surface area (Å²) in [4.78, 5) is 12.4. The van der Waals surface area contributed by atoms with Crippen molar-refractivity contribution in [3.63, 3.8) is 0 Å². The van der Waals surface area contributed by atoms with Gasteiger partial charge in [0.05, 0.1) is 30.2 Å². The van der Waals surface area contributed by atoms with E-state index in [1.54, 1.807) is 12.1 Å². The molecular weight excluding hydrogens is 579 g/mol. The predicted octanol–water partition coefficient (Wildman–Crippen LogP) is 7.20. The van der Waals surface area contributed by atoms with Crippen LogP contribution in [0.4, 0.5) is 4.39 Å². The second kappa shape index (κ2) is 12.8. The lowest BCUT2D eigenvalue weighted by atomic mass is 9.93. The molecule has 1 unspecified atom stereocenters. The van der Waals surface area contributed by atoms with Crippen LogP contribution in [0.15, 0.2) is 54.6 Å². The third kappa shape index (κ3) is 7.47. The molecule has 0 aliphatic carbocycles. The van der Waals surface area contributed by atoms with Crippen molar-refractivity contribution in [2.45, 2.75) is 70.6 Å². The van der Waals surface area contributed by atoms with E-state index in [-0.39, 0.29) is 18.5 Å². The van der Waals surface area contributed by atoms with Crippen molar-refractivity contribution in [1.29, 1.82) is 0 Å². The Bertz CT molecular complexity index is 1660. The first-order valence-corrected chi connectivity index (χ1v) is 19.0. The lowest BCUT2D eigenvalue weighted by Gasteiger charge is -2.32. The summed E-state index contributed by atoms with van der Waals surface area (Å²) >= 11 is 5.87. The summed E-state index contributed by atoms with van der Waals surface area (Å²) in [5.74, 6) is 4.96. The van der Waals surface area contributed by atoms with Crippen LogP contribution in [0, 0.1) is 17.3 Å². The van der Waals surface area contributed by atoms with Crippen molar-refractivity contribution >= 4 is 30.7 Å². The molecule has 2 aromatic carbocycles. The molecule has 224 valence electrons. The highest BCUT2D eigenvalue weighted by atomic mass is 35.5. The van der Waals surface area contributed by atoms with E-state index in [0.29, 0.717) is 22.4 Å². The van der Waals surface area contributed by atoms with Crippen LogP contribution in [0.3, 0.4) is 0 Å². The van der Waals surface area contributed by atoms with Crippen LogP contribution in [0.25, 0.3) is 11.0 Å². The van der Waals surface area contributed by atoms with Gasteiger partial charge in [-0.25, -0.2) is 14.4 Å². The zero-order valence-electron chi connectivity index (χ0n) is 25.1. The van der Waals surface area contributed by atoms with Crippen LogP contribution in [-0.2, 0) is 24.4 Å². The maximum atomic E-state index is 14.2. The van der Waals surface area contributed by atoms with Crippen molar-refractivity contribution in [3.05, 3.63) is 88.1 Å². The summed E-state index contributed by atoms with van der Waals surface area (Å²) in [6, 6.07) is 16.9. The Morgan fingerprint density at radius 3 is 2.58 bits per heavy atom. The highest BCUT2D eigenvalue weighted by Gasteiger charge is 2.26. The van der Waals surface area contributed by atoms with E-state index in [9.17, 15) is 4.39 Å². The Morgan fingerprint density at radius 1 is 1.05 bits per heavy atom. The Hall–Kier alpha value is -3.22. The molecule has 2 aromatic heterocycles. The summed E-state index contributed by atoms with van der Waals surface area (Å²) in [5, 5.41) is 0.370. The minimum absolute atomic E-state index is 0.108. The van der Waals surface area contributed by atoms with Gasteiger partial charge in [-0.3, -0.25) is 4.90 Å². The predicted molar refractivity (Wildman–Crippen MR) is 172 cm³/mol. The normalized spacial score (nSPS) is 17.8. The molecular formula is C34H38ClFN4O2Si. The fraction of sp³-hybridized carbons (Fsp3) is 0.412. The fourth-order valence-electron chi connectivity index (χ4n) is 5.59. The van der Waals surface area contributed by atoms with E-state index < -0.39 is 8.07 Å². The number of halogens is 2. The maximum Gasteiger partial charge on any atom is 0.213 e. The zero-order valence-corrected chi connectivity index (χ0v) is 26.8. The molecule has 0 saturated carbocycles. The number of imidazole rings is 1. The van der Waals surface area contributed by atoms with E-state index >= 15 is 0 Å². The molecule has 1 atom stereocenters. The highest BCUT2D eigenvalue weighted by Crippen LogP contribution is 2.30. The second-order valence-corrected chi connectivity index (χ2v) is 17.8. The van der Waals surface area contributed by atoms with Gasteiger partial charge in [-0.15, -0.1) is 5.54 Å². The number of aromatic nitrogens is 3. The highest BCUT2D eigenvalue weighted by molar-refractivity contribution is 6.83. The van der Waals surface area contributed by atoms with Crippen LogP contribution in [0.1, 0.15) is 47.8 Å². The van der Waals surface area contributed by atoms with Gasteiger partial charge >= 0.3 is 0 Å². The average molecular weight is 617 g/mol. The number of nitrogens with zero attached hydrogens (tertiary/aromatic N) is 4. The smallest absolute Gasteiger partial charge is 0.213 e. The molecule has 6 rings (SSSR count). The summed E-state index contributed by atoms with van der Waals surface area (Å²) in [5.41, 5.74) is 8.14. The number of benzene rings is 2. The summed E-state index contributed by atoms with van der Waals surface area (Å²) in [6.07, 6.45) is 3.36.